The van der Waals surface area contributed by atoms with Gasteiger partial charge in [-0.05, 0) is 18.2 Å². The Bertz CT molecular complexity index is 643. The standard InChI is InChI=1S/C13H10ClNO2/c14-10-3-1-2-8-6-11(17-13(8)10)12(15)9-4-5-16-7-9/h1-7,12H,15H2. The van der Waals surface area contributed by atoms with Crippen LogP contribution in [-0.2, 0) is 0 Å². The van der Waals surface area contributed by atoms with Gasteiger partial charge >= 0.3 is 0 Å². The van der Waals surface area contributed by atoms with Gasteiger partial charge < -0.3 is 14.6 Å². The quantitative estimate of drug-likeness (QED) is 0.751. The van der Waals surface area contributed by atoms with Crippen molar-refractivity contribution >= 4 is 22.6 Å². The van der Waals surface area contributed by atoms with E-state index in [-0.39, 0.29) is 6.04 Å². The number of nitrogens with two attached hydrogens (primary N) is 1. The number of furan rings is 2. The predicted octanol–water partition coefficient (Wildman–Crippen LogP) is 3.73. The Balaban J connectivity index is 2.10. The Labute approximate surface area is 103 Å². The van der Waals surface area contributed by atoms with Crippen molar-refractivity contribution in [2.24, 2.45) is 5.73 Å². The Morgan fingerprint density at radius 1 is 1.24 bits per heavy atom. The molecule has 2 aromatic heterocycles. The third-order valence-corrected chi connectivity index (χ3v) is 3.02. The molecule has 0 amide bonds. The van der Waals surface area contributed by atoms with Crippen molar-refractivity contribution in [3.8, 4) is 0 Å². The lowest BCUT2D eigenvalue weighted by Crippen LogP contribution is -2.09. The monoisotopic (exact) mass is 247 g/mol. The smallest absolute Gasteiger partial charge is 0.152 e. The van der Waals surface area contributed by atoms with Gasteiger partial charge in [-0.3, -0.25) is 0 Å². The first kappa shape index (κ1) is 10.4. The fourth-order valence-electron chi connectivity index (χ4n) is 1.82. The molecule has 1 unspecified atom stereocenters. The Morgan fingerprint density at radius 3 is 2.82 bits per heavy atom. The second kappa shape index (κ2) is 3.95. The number of benzene rings is 1. The number of fused-ring (bicyclic) bond motifs is 1. The lowest BCUT2D eigenvalue weighted by Gasteiger charge is -2.04. The molecule has 0 radical (unpaired) electrons. The van der Waals surface area contributed by atoms with Gasteiger partial charge in [0.1, 0.15) is 5.76 Å². The lowest BCUT2D eigenvalue weighted by molar-refractivity contribution is 0.517. The summed E-state index contributed by atoms with van der Waals surface area (Å²) < 4.78 is 10.7. The highest BCUT2D eigenvalue weighted by Crippen LogP contribution is 2.30. The van der Waals surface area contributed by atoms with E-state index < -0.39 is 0 Å². The van der Waals surface area contributed by atoms with Crippen LogP contribution in [-0.4, -0.2) is 0 Å². The first-order chi connectivity index (χ1) is 8.25. The van der Waals surface area contributed by atoms with Gasteiger partial charge in [0.2, 0.25) is 0 Å². The zero-order valence-corrected chi connectivity index (χ0v) is 9.65. The van der Waals surface area contributed by atoms with E-state index in [1.165, 1.54) is 0 Å². The highest BCUT2D eigenvalue weighted by atomic mass is 35.5. The Morgan fingerprint density at radius 2 is 2.12 bits per heavy atom. The summed E-state index contributed by atoms with van der Waals surface area (Å²) in [6, 6.07) is 9.00. The fourth-order valence-corrected chi connectivity index (χ4v) is 2.04. The summed E-state index contributed by atoms with van der Waals surface area (Å²) in [6.45, 7) is 0. The van der Waals surface area contributed by atoms with Crippen LogP contribution in [0.15, 0.2) is 51.7 Å². The van der Waals surface area contributed by atoms with Crippen LogP contribution in [0.25, 0.3) is 11.0 Å². The van der Waals surface area contributed by atoms with Crippen LogP contribution < -0.4 is 5.73 Å². The van der Waals surface area contributed by atoms with Crippen molar-refractivity contribution < 1.29 is 8.83 Å². The molecular formula is C13H10ClNO2. The van der Waals surface area contributed by atoms with Gasteiger partial charge in [0, 0.05) is 10.9 Å². The molecule has 1 aromatic carbocycles. The maximum absolute atomic E-state index is 6.08. The summed E-state index contributed by atoms with van der Waals surface area (Å²) in [7, 11) is 0. The minimum Gasteiger partial charge on any atom is -0.472 e. The molecule has 86 valence electrons. The first-order valence-corrected chi connectivity index (χ1v) is 5.59. The van der Waals surface area contributed by atoms with Crippen molar-refractivity contribution in [2.45, 2.75) is 6.04 Å². The molecule has 3 aromatic rings. The molecule has 3 nitrogen and oxygen atoms in total. The molecule has 2 N–H and O–H groups in total. The van der Waals surface area contributed by atoms with E-state index in [1.807, 2.05) is 24.3 Å². The topological polar surface area (TPSA) is 52.3 Å². The average molecular weight is 248 g/mol. The second-order valence-electron chi connectivity index (χ2n) is 3.84. The molecule has 4 heteroatoms. The van der Waals surface area contributed by atoms with E-state index >= 15 is 0 Å². The second-order valence-corrected chi connectivity index (χ2v) is 4.25. The number of hydrogen-bond donors (Lipinski definition) is 1. The van der Waals surface area contributed by atoms with E-state index in [0.29, 0.717) is 16.4 Å². The van der Waals surface area contributed by atoms with Crippen LogP contribution in [0.4, 0.5) is 0 Å². The van der Waals surface area contributed by atoms with Crippen molar-refractivity contribution in [1.82, 2.24) is 0 Å². The Hall–Kier alpha value is -1.71. The molecule has 0 aliphatic heterocycles. The van der Waals surface area contributed by atoms with Crippen molar-refractivity contribution in [1.29, 1.82) is 0 Å². The summed E-state index contributed by atoms with van der Waals surface area (Å²) in [5, 5.41) is 1.54. The van der Waals surface area contributed by atoms with Gasteiger partial charge in [-0.1, -0.05) is 23.7 Å². The first-order valence-electron chi connectivity index (χ1n) is 5.21. The van der Waals surface area contributed by atoms with E-state index in [0.717, 1.165) is 10.9 Å². The van der Waals surface area contributed by atoms with E-state index in [4.69, 9.17) is 26.2 Å². The SMILES string of the molecule is NC(c1ccoc1)c1cc2cccc(Cl)c2o1. The minimum absolute atomic E-state index is 0.336. The number of rotatable bonds is 2. The number of hydrogen-bond acceptors (Lipinski definition) is 3. The fraction of sp³-hybridized carbons (Fsp3) is 0.0769. The lowest BCUT2D eigenvalue weighted by atomic mass is 10.1. The third-order valence-electron chi connectivity index (χ3n) is 2.72. The van der Waals surface area contributed by atoms with Crippen LogP contribution in [0.3, 0.4) is 0 Å². The summed E-state index contributed by atoms with van der Waals surface area (Å²) in [4.78, 5) is 0. The molecule has 0 saturated carbocycles. The normalized spacial score (nSPS) is 13.1. The zero-order chi connectivity index (χ0) is 11.8. The zero-order valence-electron chi connectivity index (χ0n) is 8.89. The van der Waals surface area contributed by atoms with Gasteiger partial charge in [-0.25, -0.2) is 0 Å². The predicted molar refractivity (Wildman–Crippen MR) is 66.0 cm³/mol. The van der Waals surface area contributed by atoms with Crippen LogP contribution >= 0.6 is 11.6 Å². The highest BCUT2D eigenvalue weighted by molar-refractivity contribution is 6.34. The number of halogens is 1. The van der Waals surface area contributed by atoms with Gasteiger partial charge in [0.25, 0.3) is 0 Å². The van der Waals surface area contributed by atoms with Crippen molar-refractivity contribution in [2.75, 3.05) is 0 Å². The molecule has 0 aliphatic carbocycles. The summed E-state index contributed by atoms with van der Waals surface area (Å²) in [5.41, 5.74) is 7.62. The van der Waals surface area contributed by atoms with Crippen LogP contribution in [0.5, 0.6) is 0 Å². The van der Waals surface area contributed by atoms with E-state index in [9.17, 15) is 0 Å². The molecule has 1 atom stereocenters. The third kappa shape index (κ3) is 1.73. The van der Waals surface area contributed by atoms with Gasteiger partial charge in [-0.2, -0.15) is 0 Å². The van der Waals surface area contributed by atoms with Crippen LogP contribution in [0.2, 0.25) is 5.02 Å². The van der Waals surface area contributed by atoms with Gasteiger partial charge in [0.15, 0.2) is 5.58 Å². The van der Waals surface area contributed by atoms with E-state index in [1.54, 1.807) is 18.6 Å². The summed E-state index contributed by atoms with van der Waals surface area (Å²) >= 11 is 6.05. The highest BCUT2D eigenvalue weighted by Gasteiger charge is 2.16. The van der Waals surface area contributed by atoms with Crippen molar-refractivity contribution in [3.63, 3.8) is 0 Å². The minimum atomic E-state index is -0.336. The van der Waals surface area contributed by atoms with E-state index in [2.05, 4.69) is 0 Å². The summed E-state index contributed by atoms with van der Waals surface area (Å²) in [5.74, 6) is 0.675. The average Bonchev–Trinajstić information content (AvgIpc) is 2.98. The molecule has 0 saturated heterocycles. The molecule has 0 aliphatic rings. The maximum atomic E-state index is 6.08. The molecule has 3 rings (SSSR count). The summed E-state index contributed by atoms with van der Waals surface area (Å²) in [6.07, 6.45) is 3.20. The van der Waals surface area contributed by atoms with Crippen LogP contribution in [0, 0.1) is 0 Å². The van der Waals surface area contributed by atoms with Gasteiger partial charge in [0.05, 0.1) is 23.6 Å². The molecule has 0 bridgehead atoms. The molecular weight excluding hydrogens is 238 g/mol. The molecule has 17 heavy (non-hydrogen) atoms. The largest absolute Gasteiger partial charge is 0.472 e. The Kier molecular flexibility index (Phi) is 2.42. The van der Waals surface area contributed by atoms with Crippen molar-refractivity contribution in [3.05, 3.63) is 59.2 Å². The molecule has 0 fully saturated rings. The van der Waals surface area contributed by atoms with Crippen LogP contribution in [0.1, 0.15) is 17.4 Å². The number of para-hydroxylation sites is 1. The molecule has 0 spiro atoms. The maximum Gasteiger partial charge on any atom is 0.152 e. The molecule has 2 heterocycles. The van der Waals surface area contributed by atoms with Gasteiger partial charge in [-0.15, -0.1) is 0 Å².